The van der Waals surface area contributed by atoms with E-state index in [1.54, 1.807) is 21.0 Å². The number of aryl methyl sites for hydroxylation is 2. The molecular formula is C14H16N2O3. The molecule has 5 heteroatoms. The number of hydrogen-bond donors (Lipinski definition) is 1. The first-order valence-corrected chi connectivity index (χ1v) is 5.96. The van der Waals surface area contributed by atoms with E-state index in [1.165, 1.54) is 0 Å². The molecule has 5 nitrogen and oxygen atoms in total. The van der Waals surface area contributed by atoms with Gasteiger partial charge in [0.25, 0.3) is 5.91 Å². The molecule has 0 bridgehead atoms. The number of nitrogens with one attached hydrogen (secondary N) is 1. The Kier molecular flexibility index (Phi) is 3.85. The minimum Gasteiger partial charge on any atom is -0.497 e. The zero-order valence-corrected chi connectivity index (χ0v) is 11.2. The summed E-state index contributed by atoms with van der Waals surface area (Å²) in [7, 11) is 1.62. The van der Waals surface area contributed by atoms with Crippen molar-refractivity contribution in [2.24, 2.45) is 0 Å². The molecule has 1 heterocycles. The van der Waals surface area contributed by atoms with E-state index in [4.69, 9.17) is 9.26 Å². The summed E-state index contributed by atoms with van der Waals surface area (Å²) in [5.41, 5.74) is 2.11. The Bertz CT molecular complexity index is 553. The fourth-order valence-corrected chi connectivity index (χ4v) is 1.82. The van der Waals surface area contributed by atoms with Crippen LogP contribution in [0.1, 0.15) is 27.4 Å². The quantitative estimate of drug-likeness (QED) is 0.915. The lowest BCUT2D eigenvalue weighted by molar-refractivity contribution is 0.0949. The molecule has 0 saturated carbocycles. The minimum absolute atomic E-state index is 0.174. The van der Waals surface area contributed by atoms with E-state index < -0.39 is 0 Å². The van der Waals surface area contributed by atoms with E-state index in [2.05, 4.69) is 10.5 Å². The predicted molar refractivity (Wildman–Crippen MR) is 70.1 cm³/mol. The van der Waals surface area contributed by atoms with Crippen molar-refractivity contribution in [2.45, 2.75) is 20.4 Å². The Balaban J connectivity index is 2.00. The van der Waals surface area contributed by atoms with E-state index >= 15 is 0 Å². The van der Waals surface area contributed by atoms with Gasteiger partial charge in [-0.3, -0.25) is 4.79 Å². The molecule has 2 aromatic rings. The van der Waals surface area contributed by atoms with Crippen molar-refractivity contribution in [3.05, 3.63) is 46.8 Å². The zero-order chi connectivity index (χ0) is 13.8. The van der Waals surface area contributed by atoms with E-state index in [0.29, 0.717) is 23.6 Å². The van der Waals surface area contributed by atoms with Gasteiger partial charge in [0, 0.05) is 6.54 Å². The maximum absolute atomic E-state index is 12.0. The number of hydrogen-bond acceptors (Lipinski definition) is 4. The molecule has 0 aliphatic carbocycles. The van der Waals surface area contributed by atoms with Crippen molar-refractivity contribution >= 4 is 5.91 Å². The summed E-state index contributed by atoms with van der Waals surface area (Å²) >= 11 is 0. The van der Waals surface area contributed by atoms with Gasteiger partial charge in [0.2, 0.25) is 0 Å². The topological polar surface area (TPSA) is 64.4 Å². The van der Waals surface area contributed by atoms with Gasteiger partial charge in [-0.25, -0.2) is 0 Å². The maximum Gasteiger partial charge on any atom is 0.257 e. The van der Waals surface area contributed by atoms with Crippen LogP contribution in [-0.4, -0.2) is 18.2 Å². The van der Waals surface area contributed by atoms with Crippen molar-refractivity contribution in [3.8, 4) is 5.75 Å². The van der Waals surface area contributed by atoms with E-state index in [1.807, 2.05) is 24.3 Å². The van der Waals surface area contributed by atoms with Crippen LogP contribution in [0.15, 0.2) is 28.8 Å². The molecule has 0 fully saturated rings. The number of aromatic nitrogens is 1. The van der Waals surface area contributed by atoms with Crippen LogP contribution in [-0.2, 0) is 6.54 Å². The Morgan fingerprint density at radius 3 is 2.53 bits per heavy atom. The molecule has 0 spiro atoms. The van der Waals surface area contributed by atoms with Crippen LogP contribution in [0.4, 0.5) is 0 Å². The number of methoxy groups -OCH3 is 1. The molecule has 0 aliphatic heterocycles. The van der Waals surface area contributed by atoms with Gasteiger partial charge in [0.15, 0.2) is 0 Å². The zero-order valence-electron chi connectivity index (χ0n) is 11.2. The molecule has 0 atom stereocenters. The number of benzene rings is 1. The summed E-state index contributed by atoms with van der Waals surface area (Å²) in [6.45, 7) is 3.92. The van der Waals surface area contributed by atoms with Gasteiger partial charge in [0.1, 0.15) is 17.1 Å². The molecule has 19 heavy (non-hydrogen) atoms. The van der Waals surface area contributed by atoms with Crippen molar-refractivity contribution in [1.29, 1.82) is 0 Å². The molecule has 2 rings (SSSR count). The Labute approximate surface area is 111 Å². The standard InChI is InChI=1S/C14H16N2O3/c1-9-13(10(2)19-16-9)14(17)15-8-11-4-6-12(18-3)7-5-11/h4-7H,8H2,1-3H3,(H,15,17). The molecule has 0 aliphatic rings. The van der Waals surface area contributed by atoms with Crippen LogP contribution in [0.5, 0.6) is 5.75 Å². The van der Waals surface area contributed by atoms with Crippen LogP contribution in [0.25, 0.3) is 0 Å². The van der Waals surface area contributed by atoms with Gasteiger partial charge >= 0.3 is 0 Å². The monoisotopic (exact) mass is 260 g/mol. The highest BCUT2D eigenvalue weighted by Crippen LogP contribution is 2.13. The third-order valence-corrected chi connectivity index (χ3v) is 2.87. The van der Waals surface area contributed by atoms with Gasteiger partial charge in [0.05, 0.1) is 12.8 Å². The largest absolute Gasteiger partial charge is 0.497 e. The average molecular weight is 260 g/mol. The number of carbonyl (C=O) groups excluding carboxylic acids is 1. The molecule has 1 N–H and O–H groups in total. The lowest BCUT2D eigenvalue weighted by Gasteiger charge is -2.06. The summed E-state index contributed by atoms with van der Waals surface area (Å²) in [4.78, 5) is 12.0. The Hall–Kier alpha value is -2.30. The third-order valence-electron chi connectivity index (χ3n) is 2.87. The SMILES string of the molecule is COc1ccc(CNC(=O)c2c(C)noc2C)cc1. The van der Waals surface area contributed by atoms with E-state index in [9.17, 15) is 4.79 Å². The Morgan fingerprint density at radius 2 is 2.00 bits per heavy atom. The minimum atomic E-state index is -0.174. The summed E-state index contributed by atoms with van der Waals surface area (Å²) in [6, 6.07) is 7.54. The van der Waals surface area contributed by atoms with Crippen LogP contribution < -0.4 is 10.1 Å². The molecule has 100 valence electrons. The number of amides is 1. The fourth-order valence-electron chi connectivity index (χ4n) is 1.82. The maximum atomic E-state index is 12.0. The van der Waals surface area contributed by atoms with E-state index in [-0.39, 0.29) is 5.91 Å². The van der Waals surface area contributed by atoms with Gasteiger partial charge in [-0.05, 0) is 31.5 Å². The number of carbonyl (C=O) groups is 1. The van der Waals surface area contributed by atoms with Gasteiger partial charge in [-0.2, -0.15) is 0 Å². The number of ether oxygens (including phenoxy) is 1. The lowest BCUT2D eigenvalue weighted by Crippen LogP contribution is -2.23. The summed E-state index contributed by atoms with van der Waals surface area (Å²) in [5, 5.41) is 6.60. The molecule has 1 aromatic carbocycles. The van der Waals surface area contributed by atoms with Crippen LogP contribution in [0.2, 0.25) is 0 Å². The Morgan fingerprint density at radius 1 is 1.32 bits per heavy atom. The summed E-state index contributed by atoms with van der Waals surface area (Å²) < 4.78 is 10.0. The highest BCUT2D eigenvalue weighted by atomic mass is 16.5. The first-order chi connectivity index (χ1) is 9.11. The van der Waals surface area contributed by atoms with Gasteiger partial charge in [-0.15, -0.1) is 0 Å². The molecule has 1 amide bonds. The fraction of sp³-hybridized carbons (Fsp3) is 0.286. The van der Waals surface area contributed by atoms with Gasteiger partial charge < -0.3 is 14.6 Å². The smallest absolute Gasteiger partial charge is 0.257 e. The molecular weight excluding hydrogens is 244 g/mol. The first kappa shape index (κ1) is 13.1. The predicted octanol–water partition coefficient (Wildman–Crippen LogP) is 2.23. The molecule has 0 unspecified atom stereocenters. The first-order valence-electron chi connectivity index (χ1n) is 5.96. The van der Waals surface area contributed by atoms with Crippen molar-refractivity contribution in [2.75, 3.05) is 7.11 Å². The van der Waals surface area contributed by atoms with Crippen molar-refractivity contribution in [1.82, 2.24) is 10.5 Å². The second-order valence-electron chi connectivity index (χ2n) is 4.23. The summed E-state index contributed by atoms with van der Waals surface area (Å²) in [5.74, 6) is 1.15. The highest BCUT2D eigenvalue weighted by Gasteiger charge is 2.16. The number of rotatable bonds is 4. The molecule has 0 radical (unpaired) electrons. The lowest BCUT2D eigenvalue weighted by atomic mass is 10.1. The van der Waals surface area contributed by atoms with Crippen LogP contribution in [0.3, 0.4) is 0 Å². The second kappa shape index (κ2) is 5.56. The van der Waals surface area contributed by atoms with Gasteiger partial charge in [-0.1, -0.05) is 17.3 Å². The van der Waals surface area contributed by atoms with Crippen molar-refractivity contribution < 1.29 is 14.1 Å². The molecule has 1 aromatic heterocycles. The summed E-state index contributed by atoms with van der Waals surface area (Å²) in [6.07, 6.45) is 0. The average Bonchev–Trinajstić information content (AvgIpc) is 2.76. The van der Waals surface area contributed by atoms with E-state index in [0.717, 1.165) is 11.3 Å². The number of nitrogens with zero attached hydrogens (tertiary/aromatic N) is 1. The second-order valence-corrected chi connectivity index (χ2v) is 4.23. The highest BCUT2D eigenvalue weighted by molar-refractivity contribution is 5.95. The van der Waals surface area contributed by atoms with Crippen LogP contribution >= 0.6 is 0 Å². The van der Waals surface area contributed by atoms with Crippen LogP contribution in [0, 0.1) is 13.8 Å². The van der Waals surface area contributed by atoms with Crippen molar-refractivity contribution in [3.63, 3.8) is 0 Å². The third kappa shape index (κ3) is 2.93. The molecule has 0 saturated heterocycles. The normalized spacial score (nSPS) is 10.3.